The van der Waals surface area contributed by atoms with Crippen LogP contribution in [0, 0.1) is 0 Å². The third-order valence-electron chi connectivity index (χ3n) is 3.29. The van der Waals surface area contributed by atoms with Crippen LogP contribution < -0.4 is 0 Å². The Morgan fingerprint density at radius 1 is 1.05 bits per heavy atom. The summed E-state index contributed by atoms with van der Waals surface area (Å²) in [6, 6.07) is -0.836. The molecule has 22 heavy (non-hydrogen) atoms. The van der Waals surface area contributed by atoms with E-state index in [-0.39, 0.29) is 12.8 Å². The molecule has 7 heteroatoms. The summed E-state index contributed by atoms with van der Waals surface area (Å²) in [5.41, 5.74) is 0. The van der Waals surface area contributed by atoms with Gasteiger partial charge in [0.05, 0.1) is 0 Å². The second-order valence-electron chi connectivity index (χ2n) is 5.17. The summed E-state index contributed by atoms with van der Waals surface area (Å²) in [6.45, 7) is 2.17. The highest BCUT2D eigenvalue weighted by Gasteiger charge is 2.19. The first kappa shape index (κ1) is 20.5. The van der Waals surface area contributed by atoms with Crippen molar-refractivity contribution in [3.63, 3.8) is 0 Å². The Morgan fingerprint density at radius 3 is 2.36 bits per heavy atom. The minimum absolute atomic E-state index is 0.0291. The van der Waals surface area contributed by atoms with Crippen LogP contribution in [0.15, 0.2) is 4.99 Å². The summed E-state index contributed by atoms with van der Waals surface area (Å²) in [5, 5.41) is 16.6. The Kier molecular flexibility index (Phi) is 13.5. The first-order chi connectivity index (χ1) is 10.7. The lowest BCUT2D eigenvalue weighted by Crippen LogP contribution is -2.21. The summed E-state index contributed by atoms with van der Waals surface area (Å²) >= 11 is 0. The Balaban J connectivity index is 3.95. The van der Waals surface area contributed by atoms with Gasteiger partial charge < -0.3 is 4.89 Å². The number of hydrogen-bond acceptors (Lipinski definition) is 7. The lowest BCUT2D eigenvalue weighted by atomic mass is 10.1. The second-order valence-corrected chi connectivity index (χ2v) is 5.17. The lowest BCUT2D eigenvalue weighted by molar-refractivity contribution is -0.236. The van der Waals surface area contributed by atoms with Crippen molar-refractivity contribution in [1.82, 2.24) is 0 Å². The van der Waals surface area contributed by atoms with Crippen LogP contribution in [0.5, 0.6) is 0 Å². The molecule has 0 fully saturated rings. The highest BCUT2D eigenvalue weighted by atomic mass is 17.1. The molecule has 0 saturated carbocycles. The van der Waals surface area contributed by atoms with Gasteiger partial charge in [-0.05, 0) is 31.9 Å². The van der Waals surface area contributed by atoms with E-state index in [1.54, 1.807) is 6.21 Å². The summed E-state index contributed by atoms with van der Waals surface area (Å²) in [7, 11) is 0. The van der Waals surface area contributed by atoms with E-state index in [0.29, 0.717) is 6.42 Å². The molecule has 0 rings (SSSR count). The van der Waals surface area contributed by atoms with E-state index in [2.05, 4.69) is 21.7 Å². The van der Waals surface area contributed by atoms with Gasteiger partial charge in [-0.3, -0.25) is 9.88 Å². The molecule has 0 amide bonds. The molecule has 128 valence electrons. The van der Waals surface area contributed by atoms with E-state index in [9.17, 15) is 9.59 Å². The summed E-state index contributed by atoms with van der Waals surface area (Å²) < 4.78 is 0. The van der Waals surface area contributed by atoms with Gasteiger partial charge >= 0.3 is 11.9 Å². The molecule has 0 spiro atoms. The highest BCUT2D eigenvalue weighted by molar-refractivity contribution is 5.77. The van der Waals surface area contributed by atoms with Crippen molar-refractivity contribution < 1.29 is 29.9 Å². The van der Waals surface area contributed by atoms with Gasteiger partial charge in [-0.15, -0.1) is 0 Å². The van der Waals surface area contributed by atoms with E-state index in [1.165, 1.54) is 25.7 Å². The maximum atomic E-state index is 11.3. The third kappa shape index (κ3) is 11.2. The molecule has 0 radical (unpaired) electrons. The van der Waals surface area contributed by atoms with Gasteiger partial charge in [-0.25, -0.2) is 9.59 Å². The molecule has 0 saturated heterocycles. The first-order valence-electron chi connectivity index (χ1n) is 7.86. The van der Waals surface area contributed by atoms with Crippen molar-refractivity contribution in [2.45, 2.75) is 77.2 Å². The average molecular weight is 317 g/mol. The molecular formula is C15H27NO6. The molecule has 0 aromatic rings. The molecule has 0 bridgehead atoms. The first-order valence-corrected chi connectivity index (χ1v) is 7.86. The zero-order chi connectivity index (χ0) is 16.6. The van der Waals surface area contributed by atoms with E-state index in [4.69, 9.17) is 10.5 Å². The van der Waals surface area contributed by atoms with Crippen LogP contribution in [0.1, 0.15) is 71.1 Å². The molecule has 0 heterocycles. The van der Waals surface area contributed by atoms with E-state index in [0.717, 1.165) is 19.3 Å². The fraction of sp³-hybridized carbons (Fsp3) is 0.800. The number of rotatable bonds is 13. The predicted molar refractivity (Wildman–Crippen MR) is 81.6 cm³/mol. The molecule has 1 atom stereocenters. The average Bonchev–Trinajstić information content (AvgIpc) is 2.54. The van der Waals surface area contributed by atoms with Crippen molar-refractivity contribution in [2.24, 2.45) is 4.99 Å². The molecule has 0 aromatic carbocycles. The number of unbranched alkanes of at least 4 members (excludes halogenated alkanes) is 6. The van der Waals surface area contributed by atoms with Gasteiger partial charge in [0, 0.05) is 6.42 Å². The minimum Gasteiger partial charge on any atom is -0.301 e. The van der Waals surface area contributed by atoms with Crippen molar-refractivity contribution in [3.8, 4) is 0 Å². The number of aliphatic imine (C=N–C) groups is 1. The van der Waals surface area contributed by atoms with Crippen LogP contribution in [0.25, 0.3) is 0 Å². The molecule has 2 N–H and O–H groups in total. The number of nitrogens with zero attached hydrogens (tertiary/aromatic N) is 1. The van der Waals surface area contributed by atoms with Crippen molar-refractivity contribution >= 4 is 18.2 Å². The van der Waals surface area contributed by atoms with Crippen LogP contribution >= 0.6 is 0 Å². The quantitative estimate of drug-likeness (QED) is 0.233. The molecule has 0 aliphatic carbocycles. The Hall–Kier alpha value is -1.47. The van der Waals surface area contributed by atoms with Crippen molar-refractivity contribution in [3.05, 3.63) is 0 Å². The van der Waals surface area contributed by atoms with E-state index >= 15 is 0 Å². The molecule has 7 nitrogen and oxygen atoms in total. The van der Waals surface area contributed by atoms with E-state index in [1.807, 2.05) is 0 Å². The standard InChI is InChI=1S/C15H27NO6/c1-2-3-4-5-6-7-8-12-16-13(15(18)22-20)10-9-11-14(17)21-19/h12-13,19-20H,2-11H2,1H3. The Morgan fingerprint density at radius 2 is 1.73 bits per heavy atom. The van der Waals surface area contributed by atoms with Gasteiger partial charge in [0.2, 0.25) is 0 Å². The molecule has 1 unspecified atom stereocenters. The monoisotopic (exact) mass is 317 g/mol. The summed E-state index contributed by atoms with van der Waals surface area (Å²) in [5.74, 6) is -1.62. The summed E-state index contributed by atoms with van der Waals surface area (Å²) in [4.78, 5) is 33.4. The zero-order valence-electron chi connectivity index (χ0n) is 13.2. The number of carbonyl (C=O) groups is 2. The van der Waals surface area contributed by atoms with E-state index < -0.39 is 18.0 Å². The van der Waals surface area contributed by atoms with Crippen LogP contribution in [-0.2, 0) is 19.4 Å². The molecule has 0 aliphatic heterocycles. The SMILES string of the molecule is CCCCCCCCC=NC(CCCC(=O)OO)C(=O)OO. The molecule has 0 aromatic heterocycles. The van der Waals surface area contributed by atoms with Gasteiger partial charge in [0.1, 0.15) is 6.04 Å². The van der Waals surface area contributed by atoms with Gasteiger partial charge in [-0.2, -0.15) is 10.5 Å². The van der Waals surface area contributed by atoms with Gasteiger partial charge in [-0.1, -0.05) is 39.0 Å². The zero-order valence-corrected chi connectivity index (χ0v) is 13.2. The largest absolute Gasteiger partial charge is 0.366 e. The van der Waals surface area contributed by atoms with Gasteiger partial charge in [0.15, 0.2) is 0 Å². The Labute approximate surface area is 131 Å². The highest BCUT2D eigenvalue weighted by Crippen LogP contribution is 2.09. The Bertz CT molecular complexity index is 332. The minimum atomic E-state index is -0.850. The van der Waals surface area contributed by atoms with Crippen molar-refractivity contribution in [1.29, 1.82) is 0 Å². The maximum Gasteiger partial charge on any atom is 0.366 e. The van der Waals surface area contributed by atoms with Gasteiger partial charge in [0.25, 0.3) is 0 Å². The van der Waals surface area contributed by atoms with Crippen LogP contribution in [0.2, 0.25) is 0 Å². The predicted octanol–water partition coefficient (Wildman–Crippen LogP) is 3.38. The topological polar surface area (TPSA) is 105 Å². The second kappa shape index (κ2) is 14.5. The molecular weight excluding hydrogens is 290 g/mol. The van der Waals surface area contributed by atoms with Crippen LogP contribution in [0.4, 0.5) is 0 Å². The third-order valence-corrected chi connectivity index (χ3v) is 3.29. The lowest BCUT2D eigenvalue weighted by Gasteiger charge is -2.07. The maximum absolute atomic E-state index is 11.3. The number of hydrogen-bond donors (Lipinski definition) is 2. The normalized spacial score (nSPS) is 12.3. The smallest absolute Gasteiger partial charge is 0.301 e. The molecule has 0 aliphatic rings. The summed E-state index contributed by atoms with van der Waals surface area (Å²) in [6.07, 6.45) is 9.99. The van der Waals surface area contributed by atoms with Crippen LogP contribution in [0.3, 0.4) is 0 Å². The van der Waals surface area contributed by atoms with Crippen LogP contribution in [-0.4, -0.2) is 34.7 Å². The van der Waals surface area contributed by atoms with Crippen molar-refractivity contribution in [2.75, 3.05) is 0 Å². The fourth-order valence-electron chi connectivity index (χ4n) is 2.02. The fourth-order valence-corrected chi connectivity index (χ4v) is 2.02. The number of carbonyl (C=O) groups excluding carboxylic acids is 2.